The second-order valence-electron chi connectivity index (χ2n) is 6.67. The van der Waals surface area contributed by atoms with Crippen LogP contribution in [0.5, 0.6) is 5.75 Å². The quantitative estimate of drug-likeness (QED) is 0.548. The molecule has 2 amide bonds. The number of urea groups is 1. The van der Waals surface area contributed by atoms with Gasteiger partial charge in [0, 0.05) is 19.8 Å². The largest absolute Gasteiger partial charge is 0.482 e. The minimum Gasteiger partial charge on any atom is -0.482 e. The Morgan fingerprint density at radius 2 is 2.07 bits per heavy atom. The third-order valence-electron chi connectivity index (χ3n) is 4.20. The molecule has 0 radical (unpaired) electrons. The predicted molar refractivity (Wildman–Crippen MR) is 102 cm³/mol. The summed E-state index contributed by atoms with van der Waals surface area (Å²) in [6.07, 6.45) is 3.84. The first-order chi connectivity index (χ1) is 13.3. The standard InChI is InChI=1S/C19H24N4O5/c1-19(2,13-24)23(18(26)22(3)15-9-20-21-10-15)11-14-6-5-7-16(8-14)28-12-17(25)27-4/h5-10,13H,11-12H2,1-4H3,(H,20,21). The second-order valence-corrected chi connectivity index (χ2v) is 6.67. The number of hydrogen-bond acceptors (Lipinski definition) is 6. The lowest BCUT2D eigenvalue weighted by atomic mass is 10.0. The number of benzene rings is 1. The van der Waals surface area contributed by atoms with E-state index in [1.54, 1.807) is 45.3 Å². The number of carbonyl (C=O) groups excluding carboxylic acids is 3. The van der Waals surface area contributed by atoms with Crippen molar-refractivity contribution in [2.45, 2.75) is 25.9 Å². The Hall–Kier alpha value is -3.36. The molecule has 2 aromatic rings. The van der Waals surface area contributed by atoms with Crippen LogP contribution >= 0.6 is 0 Å². The van der Waals surface area contributed by atoms with E-state index in [0.717, 1.165) is 11.8 Å². The molecule has 1 aromatic carbocycles. The molecule has 9 heteroatoms. The van der Waals surface area contributed by atoms with Gasteiger partial charge < -0.3 is 19.2 Å². The number of nitrogens with zero attached hydrogens (tertiary/aromatic N) is 3. The lowest BCUT2D eigenvalue weighted by Gasteiger charge is -2.37. The van der Waals surface area contributed by atoms with Gasteiger partial charge in [-0.15, -0.1) is 0 Å². The Balaban J connectivity index is 2.22. The molecule has 0 fully saturated rings. The van der Waals surface area contributed by atoms with E-state index < -0.39 is 11.5 Å². The van der Waals surface area contributed by atoms with Crippen LogP contribution in [0.4, 0.5) is 10.5 Å². The summed E-state index contributed by atoms with van der Waals surface area (Å²) < 4.78 is 9.94. The fourth-order valence-corrected chi connectivity index (χ4v) is 2.42. The number of aromatic nitrogens is 2. The van der Waals surface area contributed by atoms with Crippen molar-refractivity contribution >= 4 is 24.0 Å². The van der Waals surface area contributed by atoms with Gasteiger partial charge in [-0.1, -0.05) is 12.1 Å². The molecule has 1 heterocycles. The molecule has 0 saturated carbocycles. The number of aldehydes is 1. The number of carbonyl (C=O) groups is 3. The first-order valence-corrected chi connectivity index (χ1v) is 8.57. The molecular weight excluding hydrogens is 364 g/mol. The monoisotopic (exact) mass is 388 g/mol. The lowest BCUT2D eigenvalue weighted by Crippen LogP contribution is -2.53. The number of anilines is 1. The van der Waals surface area contributed by atoms with Gasteiger partial charge in [0.05, 0.1) is 24.5 Å². The van der Waals surface area contributed by atoms with Crippen LogP contribution < -0.4 is 9.64 Å². The molecule has 28 heavy (non-hydrogen) atoms. The van der Waals surface area contributed by atoms with E-state index in [1.807, 2.05) is 6.07 Å². The number of rotatable bonds is 8. The van der Waals surface area contributed by atoms with Crippen LogP contribution in [0.2, 0.25) is 0 Å². The normalized spacial score (nSPS) is 10.9. The van der Waals surface area contributed by atoms with Gasteiger partial charge in [0.2, 0.25) is 0 Å². The number of hydrogen-bond donors (Lipinski definition) is 1. The zero-order valence-electron chi connectivity index (χ0n) is 16.3. The summed E-state index contributed by atoms with van der Waals surface area (Å²) in [7, 11) is 2.89. The van der Waals surface area contributed by atoms with Crippen molar-refractivity contribution < 1.29 is 23.9 Å². The molecule has 150 valence electrons. The molecule has 0 unspecified atom stereocenters. The highest BCUT2D eigenvalue weighted by Crippen LogP contribution is 2.23. The lowest BCUT2D eigenvalue weighted by molar-refractivity contribution is -0.142. The fraction of sp³-hybridized carbons (Fsp3) is 0.368. The molecule has 1 aromatic heterocycles. The van der Waals surface area contributed by atoms with Gasteiger partial charge in [-0.05, 0) is 31.5 Å². The van der Waals surface area contributed by atoms with Gasteiger partial charge in [-0.3, -0.25) is 10.00 Å². The van der Waals surface area contributed by atoms with E-state index >= 15 is 0 Å². The highest BCUT2D eigenvalue weighted by Gasteiger charge is 2.33. The summed E-state index contributed by atoms with van der Waals surface area (Å²) in [5.74, 6) is -0.0339. The Labute approximate surface area is 163 Å². The van der Waals surface area contributed by atoms with E-state index in [4.69, 9.17) is 4.74 Å². The second kappa shape index (κ2) is 9.03. The van der Waals surface area contributed by atoms with Crippen LogP contribution in [0.25, 0.3) is 0 Å². The number of esters is 1. The molecular formula is C19H24N4O5. The molecule has 0 saturated heterocycles. The van der Waals surface area contributed by atoms with Crippen LogP contribution in [-0.4, -0.2) is 59.7 Å². The molecule has 1 N–H and O–H groups in total. The average Bonchev–Trinajstić information content (AvgIpc) is 3.24. The summed E-state index contributed by atoms with van der Waals surface area (Å²) >= 11 is 0. The Bertz CT molecular complexity index is 819. The van der Waals surface area contributed by atoms with Crippen LogP contribution in [0.3, 0.4) is 0 Å². The van der Waals surface area contributed by atoms with Gasteiger partial charge in [0.25, 0.3) is 0 Å². The first kappa shape index (κ1) is 20.9. The van der Waals surface area contributed by atoms with Gasteiger partial charge in [-0.2, -0.15) is 5.10 Å². The summed E-state index contributed by atoms with van der Waals surface area (Å²) in [4.78, 5) is 38.8. The number of ether oxygens (including phenoxy) is 2. The maximum atomic E-state index is 13.0. The van der Waals surface area contributed by atoms with Crippen LogP contribution in [0, 0.1) is 0 Å². The molecule has 0 atom stereocenters. The SMILES string of the molecule is COC(=O)COc1cccc(CN(C(=O)N(C)c2cn[nH]c2)C(C)(C)C=O)c1. The molecule has 9 nitrogen and oxygen atoms in total. The maximum absolute atomic E-state index is 13.0. The number of nitrogens with one attached hydrogen (secondary N) is 1. The number of H-pyrrole nitrogens is 1. The molecule has 0 aliphatic rings. The van der Waals surface area contributed by atoms with Crippen molar-refractivity contribution in [2.75, 3.05) is 25.7 Å². The van der Waals surface area contributed by atoms with E-state index in [9.17, 15) is 14.4 Å². The van der Waals surface area contributed by atoms with Gasteiger partial charge in [-0.25, -0.2) is 9.59 Å². The first-order valence-electron chi connectivity index (χ1n) is 8.57. The Morgan fingerprint density at radius 1 is 1.32 bits per heavy atom. The van der Waals surface area contributed by atoms with E-state index in [-0.39, 0.29) is 19.2 Å². The average molecular weight is 388 g/mol. The third-order valence-corrected chi connectivity index (χ3v) is 4.20. The minimum absolute atomic E-state index is 0.169. The topological polar surface area (TPSA) is 105 Å². The van der Waals surface area contributed by atoms with Crippen LogP contribution in [0.15, 0.2) is 36.7 Å². The highest BCUT2D eigenvalue weighted by molar-refractivity contribution is 5.93. The minimum atomic E-state index is -1.04. The summed E-state index contributed by atoms with van der Waals surface area (Å²) in [6, 6.07) is 6.60. The molecule has 0 bridgehead atoms. The zero-order valence-corrected chi connectivity index (χ0v) is 16.3. The van der Waals surface area contributed by atoms with Crippen LogP contribution in [0.1, 0.15) is 19.4 Å². The van der Waals surface area contributed by atoms with E-state index in [0.29, 0.717) is 11.4 Å². The van der Waals surface area contributed by atoms with Crippen molar-refractivity contribution in [2.24, 2.45) is 0 Å². The zero-order chi connectivity index (χ0) is 20.7. The Kier molecular flexibility index (Phi) is 6.75. The Morgan fingerprint density at radius 3 is 2.68 bits per heavy atom. The van der Waals surface area contributed by atoms with Crippen molar-refractivity contribution in [3.05, 3.63) is 42.2 Å². The predicted octanol–water partition coefficient (Wildman–Crippen LogP) is 2.00. The summed E-state index contributed by atoms with van der Waals surface area (Å²) in [6.45, 7) is 3.28. The highest BCUT2D eigenvalue weighted by atomic mass is 16.6. The van der Waals surface area contributed by atoms with Crippen molar-refractivity contribution in [3.63, 3.8) is 0 Å². The van der Waals surface area contributed by atoms with E-state index in [2.05, 4.69) is 14.9 Å². The number of methoxy groups -OCH3 is 1. The molecule has 2 rings (SSSR count). The van der Waals surface area contributed by atoms with Gasteiger partial charge in [0.1, 0.15) is 12.0 Å². The molecule has 0 spiro atoms. The van der Waals surface area contributed by atoms with Gasteiger partial charge >= 0.3 is 12.0 Å². The van der Waals surface area contributed by atoms with Crippen molar-refractivity contribution in [1.29, 1.82) is 0 Å². The summed E-state index contributed by atoms with van der Waals surface area (Å²) in [5.41, 5.74) is 0.274. The van der Waals surface area contributed by atoms with Crippen LogP contribution in [-0.2, 0) is 20.9 Å². The molecule has 0 aliphatic carbocycles. The summed E-state index contributed by atoms with van der Waals surface area (Å²) in [5, 5.41) is 6.50. The molecule has 0 aliphatic heterocycles. The van der Waals surface area contributed by atoms with Crippen molar-refractivity contribution in [3.8, 4) is 5.75 Å². The van der Waals surface area contributed by atoms with Crippen molar-refractivity contribution in [1.82, 2.24) is 15.1 Å². The smallest absolute Gasteiger partial charge is 0.343 e. The maximum Gasteiger partial charge on any atom is 0.343 e. The van der Waals surface area contributed by atoms with Gasteiger partial charge in [0.15, 0.2) is 6.61 Å². The van der Waals surface area contributed by atoms with E-state index in [1.165, 1.54) is 23.1 Å². The third kappa shape index (κ3) is 5.09. The fourth-order valence-electron chi connectivity index (χ4n) is 2.42. The number of amides is 2. The number of aromatic amines is 1.